The number of furan rings is 1. The molecule has 7 nitrogen and oxygen atoms in total. The minimum atomic E-state index is -1.21. The maximum atomic E-state index is 13.9. The van der Waals surface area contributed by atoms with E-state index in [4.69, 9.17) is 9.15 Å². The lowest BCUT2D eigenvalue weighted by molar-refractivity contribution is -0.0807. The molecule has 1 amide bonds. The average Bonchev–Trinajstić information content (AvgIpc) is 3.77. The molecule has 2 N–H and O–H groups in total. The highest BCUT2D eigenvalue weighted by Crippen LogP contribution is 2.59. The second-order valence-electron chi connectivity index (χ2n) is 12.7. The molecule has 0 aliphatic heterocycles. The molecule has 0 spiro atoms. The normalized spacial score (nSPS) is 25.6. The van der Waals surface area contributed by atoms with Crippen LogP contribution in [0.4, 0.5) is 4.79 Å². The molecular formula is C36H45NO6S. The summed E-state index contributed by atoms with van der Waals surface area (Å²) >= 11 is 1.65. The van der Waals surface area contributed by atoms with Crippen molar-refractivity contribution in [3.8, 4) is 0 Å². The molecule has 8 heteroatoms. The highest BCUT2D eigenvalue weighted by molar-refractivity contribution is 7.09. The minimum Gasteiger partial charge on any atom is -0.461 e. The van der Waals surface area contributed by atoms with Gasteiger partial charge in [0.15, 0.2) is 5.76 Å². The molecular weight excluding hydrogens is 574 g/mol. The Morgan fingerprint density at radius 3 is 2.73 bits per heavy atom. The van der Waals surface area contributed by atoms with Crippen LogP contribution in [0.15, 0.2) is 70.2 Å². The number of hydrogen-bond donors (Lipinski definition) is 2. The lowest BCUT2D eigenvalue weighted by Crippen LogP contribution is -2.54. The van der Waals surface area contributed by atoms with Gasteiger partial charge in [0.25, 0.3) is 0 Å². The molecule has 6 rings (SSSR count). The Morgan fingerprint density at radius 2 is 2.00 bits per heavy atom. The van der Waals surface area contributed by atoms with Gasteiger partial charge in [0.1, 0.15) is 0 Å². The molecule has 2 heterocycles. The lowest BCUT2D eigenvalue weighted by atomic mass is 9.64. The Labute approximate surface area is 264 Å². The van der Waals surface area contributed by atoms with E-state index in [-0.39, 0.29) is 30.6 Å². The third-order valence-electron chi connectivity index (χ3n) is 9.85. The topological polar surface area (TPSA) is 100 Å². The Morgan fingerprint density at radius 1 is 1.16 bits per heavy atom. The van der Waals surface area contributed by atoms with Gasteiger partial charge in [-0.2, -0.15) is 0 Å². The maximum Gasteiger partial charge on any atom is 0.409 e. The first kappa shape index (κ1) is 32.2. The van der Waals surface area contributed by atoms with Crippen molar-refractivity contribution >= 4 is 23.2 Å². The van der Waals surface area contributed by atoms with Crippen molar-refractivity contribution in [3.63, 3.8) is 0 Å². The molecule has 3 aromatic rings. The molecule has 1 aromatic carbocycles. The van der Waals surface area contributed by atoms with E-state index < -0.39 is 23.2 Å². The molecule has 1 fully saturated rings. The molecule has 44 heavy (non-hydrogen) atoms. The van der Waals surface area contributed by atoms with Crippen molar-refractivity contribution in [1.29, 1.82) is 0 Å². The average molecular weight is 620 g/mol. The molecule has 0 saturated heterocycles. The summed E-state index contributed by atoms with van der Waals surface area (Å²) in [5, 5.41) is 25.5. The number of hydrogen-bond acceptors (Lipinski definition) is 7. The zero-order chi connectivity index (χ0) is 31.3. The number of nitrogens with zero attached hydrogens (tertiary/aromatic N) is 1. The molecule has 0 unspecified atom stereocenters. The number of aliphatic hydroxyl groups excluding tert-OH is 1. The fourth-order valence-electron chi connectivity index (χ4n) is 7.20. The monoisotopic (exact) mass is 619 g/mol. The molecule has 3 aliphatic carbocycles. The van der Waals surface area contributed by atoms with Gasteiger partial charge in [-0.25, -0.2) is 4.79 Å². The summed E-state index contributed by atoms with van der Waals surface area (Å²) in [6.07, 6.45) is 7.91. The maximum absolute atomic E-state index is 13.9. The van der Waals surface area contributed by atoms with Crippen LogP contribution in [0.5, 0.6) is 0 Å². The number of carbonyl (C=O) groups excluding carboxylic acids is 2. The van der Waals surface area contributed by atoms with E-state index in [0.717, 1.165) is 24.0 Å². The number of ketones is 1. The summed E-state index contributed by atoms with van der Waals surface area (Å²) in [6, 6.07) is 13.4. The number of rotatable bonds is 8. The van der Waals surface area contributed by atoms with E-state index >= 15 is 0 Å². The summed E-state index contributed by atoms with van der Waals surface area (Å²) in [5.74, 6) is -0.0786. The zero-order valence-corrected chi connectivity index (χ0v) is 26.9. The predicted molar refractivity (Wildman–Crippen MR) is 172 cm³/mol. The van der Waals surface area contributed by atoms with E-state index in [1.165, 1.54) is 16.7 Å². The van der Waals surface area contributed by atoms with Crippen molar-refractivity contribution in [2.24, 2.45) is 5.41 Å². The first-order valence-corrected chi connectivity index (χ1v) is 16.7. The van der Waals surface area contributed by atoms with E-state index in [0.29, 0.717) is 50.6 Å². The lowest BCUT2D eigenvalue weighted by Gasteiger charge is -2.46. The molecule has 1 saturated carbocycles. The van der Waals surface area contributed by atoms with Crippen molar-refractivity contribution in [1.82, 2.24) is 4.90 Å². The van der Waals surface area contributed by atoms with Gasteiger partial charge >= 0.3 is 6.09 Å². The van der Waals surface area contributed by atoms with Crippen LogP contribution in [0.2, 0.25) is 0 Å². The van der Waals surface area contributed by atoms with Crippen LogP contribution in [0, 0.1) is 5.41 Å². The fourth-order valence-corrected chi connectivity index (χ4v) is 7.90. The second-order valence-corrected chi connectivity index (χ2v) is 13.7. The quantitative estimate of drug-likeness (QED) is 0.203. The highest BCUT2D eigenvalue weighted by Gasteiger charge is 2.57. The molecule has 4 atom stereocenters. The van der Waals surface area contributed by atoms with Gasteiger partial charge in [0.05, 0.1) is 31.1 Å². The zero-order valence-electron chi connectivity index (χ0n) is 26.1. The molecule has 0 radical (unpaired) electrons. The summed E-state index contributed by atoms with van der Waals surface area (Å²) in [5.41, 5.74) is 1.68. The molecule has 2 bridgehead atoms. The number of aliphatic hydroxyl groups is 2. The number of thiophene rings is 1. The summed E-state index contributed by atoms with van der Waals surface area (Å²) < 4.78 is 11.0. The number of allylic oxidation sites excluding steroid dienone is 2. The van der Waals surface area contributed by atoms with E-state index in [2.05, 4.69) is 26.0 Å². The van der Waals surface area contributed by atoms with Crippen LogP contribution < -0.4 is 0 Å². The molecule has 236 valence electrons. The van der Waals surface area contributed by atoms with Crippen molar-refractivity contribution in [3.05, 3.63) is 93.1 Å². The number of fused-ring (bicyclic) bond motifs is 8. The van der Waals surface area contributed by atoms with E-state index in [9.17, 15) is 19.8 Å². The molecule has 2 aromatic heterocycles. The Balaban J connectivity index is 1.55. The number of carbonyl (C=O) groups is 2. The minimum absolute atomic E-state index is 0.140. The largest absolute Gasteiger partial charge is 0.461 e. The van der Waals surface area contributed by atoms with Crippen molar-refractivity contribution in [2.75, 3.05) is 19.7 Å². The third-order valence-corrected chi connectivity index (χ3v) is 10.8. The summed E-state index contributed by atoms with van der Waals surface area (Å²) in [7, 11) is 0. The van der Waals surface area contributed by atoms with Crippen molar-refractivity contribution < 1.29 is 29.0 Å². The SMILES string of the molecule is CCOC(=O)N(CCc1cccs1)C[C@]1(O)CC[C@H]2c3ccc(cc3C(=O)c3ccco3)C[C@@H](O)CCC(C)=CCC[C@@]21C. The van der Waals surface area contributed by atoms with Crippen LogP contribution in [0.25, 0.3) is 0 Å². The number of ether oxygens (including phenoxy) is 1. The Hall–Kier alpha value is -3.20. The van der Waals surface area contributed by atoms with Crippen LogP contribution in [-0.2, 0) is 17.6 Å². The van der Waals surface area contributed by atoms with Crippen LogP contribution in [-0.4, -0.2) is 58.4 Å². The number of benzene rings is 1. The highest BCUT2D eigenvalue weighted by atomic mass is 32.1. The van der Waals surface area contributed by atoms with Gasteiger partial charge in [-0.1, -0.05) is 36.8 Å². The fraction of sp³-hybridized carbons (Fsp3) is 0.500. The van der Waals surface area contributed by atoms with Crippen LogP contribution in [0.3, 0.4) is 0 Å². The second kappa shape index (κ2) is 13.8. The molecule has 3 aliphatic rings. The van der Waals surface area contributed by atoms with E-state index in [1.54, 1.807) is 35.3 Å². The Bertz CT molecular complexity index is 1450. The predicted octanol–water partition coefficient (Wildman–Crippen LogP) is 7.31. The van der Waals surface area contributed by atoms with Gasteiger partial charge in [-0.3, -0.25) is 4.79 Å². The number of amides is 1. The summed E-state index contributed by atoms with van der Waals surface area (Å²) in [4.78, 5) is 29.9. The smallest absolute Gasteiger partial charge is 0.409 e. The van der Waals surface area contributed by atoms with Gasteiger partial charge in [0.2, 0.25) is 5.78 Å². The first-order chi connectivity index (χ1) is 21.1. The van der Waals surface area contributed by atoms with Gasteiger partial charge < -0.3 is 24.3 Å². The standard InChI is InChI=1S/C36H45NO6S/c1-4-42-34(40)37(19-16-28-9-7-21-44-28)24-36(41)18-15-31-29-14-12-26(23-30(29)33(39)32-10-6-20-43-32)22-27(38)13-11-25(2)8-5-17-35(31,36)3/h6-10,12,14,20-21,23,27,31,38,41H,4-5,11,13,15-19,22,24H2,1-3H3/t27-,31-,35-,36+/m0/s1. The van der Waals surface area contributed by atoms with Gasteiger partial charge in [-0.05, 0) is 112 Å². The first-order valence-electron chi connectivity index (χ1n) is 15.8. The Kier molecular flexibility index (Phi) is 10.1. The van der Waals surface area contributed by atoms with Crippen molar-refractivity contribution in [2.45, 2.75) is 89.8 Å². The van der Waals surface area contributed by atoms with Gasteiger partial charge in [0, 0.05) is 22.4 Å². The van der Waals surface area contributed by atoms with Crippen LogP contribution >= 0.6 is 11.3 Å². The van der Waals surface area contributed by atoms with Gasteiger partial charge in [-0.15, -0.1) is 11.3 Å². The van der Waals surface area contributed by atoms with Crippen LogP contribution in [0.1, 0.15) is 97.3 Å². The summed E-state index contributed by atoms with van der Waals surface area (Å²) in [6.45, 7) is 6.88. The van der Waals surface area contributed by atoms with E-state index in [1.807, 2.05) is 29.6 Å². The third kappa shape index (κ3) is 6.87.